The summed E-state index contributed by atoms with van der Waals surface area (Å²) in [5, 5.41) is 0.781. The number of halogens is 1. The molecule has 2 nitrogen and oxygen atoms in total. The molecule has 3 heteroatoms. The highest BCUT2D eigenvalue weighted by atomic mass is 35.5. The van der Waals surface area contributed by atoms with Crippen LogP contribution in [-0.2, 0) is 0 Å². The summed E-state index contributed by atoms with van der Waals surface area (Å²) in [5.41, 5.74) is 10.6. The summed E-state index contributed by atoms with van der Waals surface area (Å²) >= 11 is 6.11. The van der Waals surface area contributed by atoms with Gasteiger partial charge in [-0.25, -0.2) is 0 Å². The summed E-state index contributed by atoms with van der Waals surface area (Å²) in [6.45, 7) is 7.90. The first-order valence-corrected chi connectivity index (χ1v) is 6.37. The Morgan fingerprint density at radius 3 is 2.22 bits per heavy atom. The van der Waals surface area contributed by atoms with E-state index in [1.165, 1.54) is 0 Å². The van der Waals surface area contributed by atoms with E-state index in [9.17, 15) is 0 Å². The number of nitrogens with two attached hydrogens (primary N) is 1. The Morgan fingerprint density at radius 1 is 1.00 bits per heavy atom. The van der Waals surface area contributed by atoms with Gasteiger partial charge in [0.15, 0.2) is 0 Å². The largest absolute Gasteiger partial charge is 0.466 e. The van der Waals surface area contributed by atoms with Crippen molar-refractivity contribution in [2.24, 2.45) is 5.73 Å². The van der Waals surface area contributed by atoms with E-state index in [2.05, 4.69) is 6.07 Å². The third-order valence-electron chi connectivity index (χ3n) is 3.30. The predicted molar refractivity (Wildman–Crippen MR) is 75.1 cm³/mol. The van der Waals surface area contributed by atoms with Crippen molar-refractivity contribution >= 4 is 11.6 Å². The van der Waals surface area contributed by atoms with Crippen LogP contribution >= 0.6 is 11.6 Å². The van der Waals surface area contributed by atoms with Crippen molar-refractivity contribution in [1.29, 1.82) is 0 Å². The molecular formula is C15H18ClNO. The average Bonchev–Trinajstić information content (AvgIpc) is 2.62. The van der Waals surface area contributed by atoms with Gasteiger partial charge in [0.2, 0.25) is 0 Å². The Hall–Kier alpha value is -1.25. The van der Waals surface area contributed by atoms with Crippen LogP contribution in [0.15, 0.2) is 22.6 Å². The van der Waals surface area contributed by atoms with Crippen LogP contribution in [0.4, 0.5) is 0 Å². The molecule has 1 aromatic heterocycles. The second-order valence-electron chi connectivity index (χ2n) is 4.80. The fraction of sp³-hybridized carbons (Fsp3) is 0.333. The lowest BCUT2D eigenvalue weighted by atomic mass is 9.94. The van der Waals surface area contributed by atoms with E-state index in [0.717, 1.165) is 38.8 Å². The first kappa shape index (κ1) is 13.2. The quantitative estimate of drug-likeness (QED) is 0.881. The van der Waals surface area contributed by atoms with Gasteiger partial charge >= 0.3 is 0 Å². The Morgan fingerprint density at radius 2 is 1.67 bits per heavy atom. The van der Waals surface area contributed by atoms with Gasteiger partial charge in [-0.1, -0.05) is 17.7 Å². The highest BCUT2D eigenvalue weighted by Gasteiger charge is 2.17. The molecule has 1 atom stereocenters. The Labute approximate surface area is 113 Å². The zero-order valence-corrected chi connectivity index (χ0v) is 11.9. The molecule has 0 saturated heterocycles. The highest BCUT2D eigenvalue weighted by Crippen LogP contribution is 2.30. The number of hydrogen-bond acceptors (Lipinski definition) is 2. The number of hydrogen-bond donors (Lipinski definition) is 1. The monoisotopic (exact) mass is 263 g/mol. The number of furan rings is 1. The van der Waals surface area contributed by atoms with E-state index in [1.54, 1.807) is 0 Å². The summed E-state index contributed by atoms with van der Waals surface area (Å²) in [5.74, 6) is 1.77. The molecule has 2 rings (SSSR count). The maximum Gasteiger partial charge on any atom is 0.106 e. The third kappa shape index (κ3) is 2.31. The summed E-state index contributed by atoms with van der Waals surface area (Å²) in [6, 6.07) is 5.86. The van der Waals surface area contributed by atoms with Crippen molar-refractivity contribution in [1.82, 2.24) is 0 Å². The zero-order chi connectivity index (χ0) is 13.4. The minimum atomic E-state index is -0.168. The van der Waals surface area contributed by atoms with Crippen LogP contribution in [0.25, 0.3) is 0 Å². The molecule has 0 aliphatic rings. The highest BCUT2D eigenvalue weighted by molar-refractivity contribution is 6.31. The van der Waals surface area contributed by atoms with E-state index in [1.807, 2.05) is 39.8 Å². The minimum Gasteiger partial charge on any atom is -0.466 e. The van der Waals surface area contributed by atoms with Gasteiger partial charge in [0.25, 0.3) is 0 Å². The fourth-order valence-corrected chi connectivity index (χ4v) is 2.48. The van der Waals surface area contributed by atoms with Crippen LogP contribution in [-0.4, -0.2) is 0 Å². The van der Waals surface area contributed by atoms with Gasteiger partial charge in [0.1, 0.15) is 11.5 Å². The predicted octanol–water partition coefficient (Wildman–Crippen LogP) is 4.21. The standard InChI is InChI=1S/C15H18ClNO/c1-8-6-14(16)9(2)5-12(8)15(17)13-7-10(3)18-11(13)4/h5-7,15H,17H2,1-4H3. The molecule has 1 heterocycles. The van der Waals surface area contributed by atoms with Gasteiger partial charge in [-0.05, 0) is 56.5 Å². The molecule has 2 aromatic rings. The smallest absolute Gasteiger partial charge is 0.106 e. The molecule has 18 heavy (non-hydrogen) atoms. The van der Waals surface area contributed by atoms with E-state index >= 15 is 0 Å². The molecule has 0 amide bonds. The van der Waals surface area contributed by atoms with Crippen molar-refractivity contribution < 1.29 is 4.42 Å². The van der Waals surface area contributed by atoms with Gasteiger partial charge in [0.05, 0.1) is 6.04 Å². The van der Waals surface area contributed by atoms with E-state index in [0.29, 0.717) is 0 Å². The maximum absolute atomic E-state index is 6.35. The lowest BCUT2D eigenvalue weighted by Crippen LogP contribution is -2.13. The third-order valence-corrected chi connectivity index (χ3v) is 3.70. The molecule has 0 fully saturated rings. The van der Waals surface area contributed by atoms with E-state index in [4.69, 9.17) is 21.8 Å². The fourth-order valence-electron chi connectivity index (χ4n) is 2.27. The first-order chi connectivity index (χ1) is 8.40. The minimum absolute atomic E-state index is 0.168. The van der Waals surface area contributed by atoms with Crippen molar-refractivity contribution in [3.8, 4) is 0 Å². The van der Waals surface area contributed by atoms with E-state index in [-0.39, 0.29) is 6.04 Å². The molecule has 0 aliphatic heterocycles. The van der Waals surface area contributed by atoms with Crippen molar-refractivity contribution in [2.45, 2.75) is 33.7 Å². The lowest BCUT2D eigenvalue weighted by Gasteiger charge is -2.16. The van der Waals surface area contributed by atoms with Crippen molar-refractivity contribution in [3.05, 3.63) is 57.0 Å². The zero-order valence-electron chi connectivity index (χ0n) is 11.2. The van der Waals surface area contributed by atoms with Gasteiger partial charge in [-0.3, -0.25) is 0 Å². The molecule has 0 bridgehead atoms. The summed E-state index contributed by atoms with van der Waals surface area (Å²) in [7, 11) is 0. The van der Waals surface area contributed by atoms with Crippen LogP contribution in [0.2, 0.25) is 5.02 Å². The van der Waals surface area contributed by atoms with Gasteiger partial charge in [-0.15, -0.1) is 0 Å². The lowest BCUT2D eigenvalue weighted by molar-refractivity contribution is 0.499. The van der Waals surface area contributed by atoms with Gasteiger partial charge in [0, 0.05) is 10.6 Å². The van der Waals surface area contributed by atoms with Crippen LogP contribution in [0, 0.1) is 27.7 Å². The van der Waals surface area contributed by atoms with Crippen LogP contribution in [0.3, 0.4) is 0 Å². The normalized spacial score (nSPS) is 12.8. The number of aryl methyl sites for hydroxylation is 4. The van der Waals surface area contributed by atoms with Crippen LogP contribution in [0.1, 0.15) is 39.8 Å². The second-order valence-corrected chi connectivity index (χ2v) is 5.21. The molecule has 0 aliphatic carbocycles. The molecule has 0 saturated carbocycles. The topological polar surface area (TPSA) is 39.2 Å². The molecular weight excluding hydrogens is 246 g/mol. The van der Waals surface area contributed by atoms with E-state index < -0.39 is 0 Å². The van der Waals surface area contributed by atoms with Gasteiger partial charge in [-0.2, -0.15) is 0 Å². The summed E-state index contributed by atoms with van der Waals surface area (Å²) < 4.78 is 5.54. The summed E-state index contributed by atoms with van der Waals surface area (Å²) in [4.78, 5) is 0. The van der Waals surface area contributed by atoms with Gasteiger partial charge < -0.3 is 10.2 Å². The Kier molecular flexibility index (Phi) is 3.51. The molecule has 2 N–H and O–H groups in total. The number of rotatable bonds is 2. The Bertz CT molecular complexity index is 586. The molecule has 0 radical (unpaired) electrons. The first-order valence-electron chi connectivity index (χ1n) is 5.99. The number of benzene rings is 1. The molecule has 0 spiro atoms. The molecule has 1 unspecified atom stereocenters. The van der Waals surface area contributed by atoms with Crippen molar-refractivity contribution in [3.63, 3.8) is 0 Å². The molecule has 96 valence electrons. The Balaban J connectivity index is 2.49. The van der Waals surface area contributed by atoms with Crippen molar-refractivity contribution in [2.75, 3.05) is 0 Å². The second kappa shape index (κ2) is 4.79. The average molecular weight is 264 g/mol. The van der Waals surface area contributed by atoms with Crippen LogP contribution < -0.4 is 5.73 Å². The van der Waals surface area contributed by atoms with Crippen LogP contribution in [0.5, 0.6) is 0 Å². The molecule has 1 aromatic carbocycles. The summed E-state index contributed by atoms with van der Waals surface area (Å²) in [6.07, 6.45) is 0. The maximum atomic E-state index is 6.35. The SMILES string of the molecule is Cc1cc(C(N)c2cc(C)c(Cl)cc2C)c(C)o1.